The predicted octanol–water partition coefficient (Wildman–Crippen LogP) is 2.67. The Morgan fingerprint density at radius 3 is 2.42 bits per heavy atom. The fourth-order valence-electron chi connectivity index (χ4n) is 3.60. The molecule has 0 aromatic rings. The van der Waals surface area contributed by atoms with E-state index in [2.05, 4.69) is 13.8 Å². The number of hydrogen-bond acceptors (Lipinski definition) is 2. The molecule has 2 atom stereocenters. The highest BCUT2D eigenvalue weighted by Crippen LogP contribution is 2.42. The number of aliphatic carboxylic acids is 1. The first-order valence-corrected chi connectivity index (χ1v) is 7.47. The van der Waals surface area contributed by atoms with Gasteiger partial charge in [-0.15, -0.1) is 0 Å². The van der Waals surface area contributed by atoms with E-state index in [1.54, 1.807) is 4.90 Å². The van der Waals surface area contributed by atoms with Gasteiger partial charge in [-0.3, -0.25) is 4.79 Å². The lowest BCUT2D eigenvalue weighted by Crippen LogP contribution is -2.52. The van der Waals surface area contributed by atoms with E-state index in [-0.39, 0.29) is 17.2 Å². The number of carboxylic acid groups (broad SMARTS) is 1. The van der Waals surface area contributed by atoms with E-state index in [9.17, 15) is 14.7 Å². The molecule has 0 bridgehead atoms. The SMILES string of the molecule is CC1(C)CCCCC1C(=O)N1CCCCC1C(=O)O. The number of hydrogen-bond donors (Lipinski definition) is 1. The van der Waals surface area contributed by atoms with E-state index in [1.807, 2.05) is 0 Å². The number of amides is 1. The molecule has 108 valence electrons. The number of piperidine rings is 1. The van der Waals surface area contributed by atoms with Crippen molar-refractivity contribution in [2.75, 3.05) is 6.54 Å². The van der Waals surface area contributed by atoms with Crippen LogP contribution < -0.4 is 0 Å². The molecular weight excluding hydrogens is 242 g/mol. The van der Waals surface area contributed by atoms with Crippen LogP contribution in [0.4, 0.5) is 0 Å². The average molecular weight is 267 g/mol. The number of rotatable bonds is 2. The van der Waals surface area contributed by atoms with Gasteiger partial charge in [-0.05, 0) is 37.5 Å². The van der Waals surface area contributed by atoms with Gasteiger partial charge in [0.1, 0.15) is 6.04 Å². The van der Waals surface area contributed by atoms with Gasteiger partial charge in [0, 0.05) is 12.5 Å². The van der Waals surface area contributed by atoms with Gasteiger partial charge in [0.15, 0.2) is 0 Å². The Balaban J connectivity index is 2.14. The summed E-state index contributed by atoms with van der Waals surface area (Å²) in [6.07, 6.45) is 6.69. The van der Waals surface area contributed by atoms with Gasteiger partial charge in [-0.2, -0.15) is 0 Å². The van der Waals surface area contributed by atoms with Crippen molar-refractivity contribution in [1.82, 2.24) is 4.90 Å². The Morgan fingerprint density at radius 1 is 1.11 bits per heavy atom. The van der Waals surface area contributed by atoms with Gasteiger partial charge >= 0.3 is 5.97 Å². The quantitative estimate of drug-likeness (QED) is 0.836. The maximum Gasteiger partial charge on any atom is 0.326 e. The van der Waals surface area contributed by atoms with Crippen molar-refractivity contribution in [2.24, 2.45) is 11.3 Å². The molecule has 4 heteroatoms. The number of carbonyl (C=O) groups excluding carboxylic acids is 1. The lowest BCUT2D eigenvalue weighted by Gasteiger charge is -2.42. The lowest BCUT2D eigenvalue weighted by atomic mass is 9.68. The van der Waals surface area contributed by atoms with Gasteiger partial charge in [0.05, 0.1) is 0 Å². The topological polar surface area (TPSA) is 57.6 Å². The Hall–Kier alpha value is -1.06. The van der Waals surface area contributed by atoms with Gasteiger partial charge in [-0.1, -0.05) is 26.7 Å². The molecule has 1 saturated heterocycles. The average Bonchev–Trinajstić information content (AvgIpc) is 2.37. The van der Waals surface area contributed by atoms with Crippen molar-refractivity contribution in [3.8, 4) is 0 Å². The van der Waals surface area contributed by atoms with Crippen LogP contribution in [0.15, 0.2) is 0 Å². The lowest BCUT2D eigenvalue weighted by molar-refractivity contribution is -0.156. The van der Waals surface area contributed by atoms with Crippen LogP contribution in [0.5, 0.6) is 0 Å². The minimum absolute atomic E-state index is 0.00111. The first kappa shape index (κ1) is 14.4. The van der Waals surface area contributed by atoms with Crippen LogP contribution in [0.1, 0.15) is 58.8 Å². The summed E-state index contributed by atoms with van der Waals surface area (Å²) in [6.45, 7) is 4.91. The van der Waals surface area contributed by atoms with E-state index in [0.29, 0.717) is 13.0 Å². The first-order valence-electron chi connectivity index (χ1n) is 7.47. The van der Waals surface area contributed by atoms with Crippen LogP contribution in [0.25, 0.3) is 0 Å². The van der Waals surface area contributed by atoms with Crippen LogP contribution in [0.3, 0.4) is 0 Å². The van der Waals surface area contributed by atoms with Crippen molar-refractivity contribution in [1.29, 1.82) is 0 Å². The summed E-state index contributed by atoms with van der Waals surface area (Å²) >= 11 is 0. The predicted molar refractivity (Wildman–Crippen MR) is 72.7 cm³/mol. The molecule has 2 rings (SSSR count). The highest BCUT2D eigenvalue weighted by Gasteiger charge is 2.42. The summed E-state index contributed by atoms with van der Waals surface area (Å²) in [5, 5.41) is 9.29. The maximum absolute atomic E-state index is 12.7. The molecule has 0 spiro atoms. The van der Waals surface area contributed by atoms with Crippen LogP contribution in [-0.2, 0) is 9.59 Å². The molecular formula is C15H25NO3. The van der Waals surface area contributed by atoms with Crippen LogP contribution >= 0.6 is 0 Å². The number of likely N-dealkylation sites (tertiary alicyclic amines) is 1. The van der Waals surface area contributed by atoms with Crippen molar-refractivity contribution in [2.45, 2.75) is 64.8 Å². The largest absolute Gasteiger partial charge is 0.480 e. The van der Waals surface area contributed by atoms with Gasteiger partial charge < -0.3 is 10.0 Å². The third kappa shape index (κ3) is 2.93. The van der Waals surface area contributed by atoms with E-state index in [1.165, 1.54) is 6.42 Å². The maximum atomic E-state index is 12.7. The molecule has 0 aromatic carbocycles. The highest BCUT2D eigenvalue weighted by atomic mass is 16.4. The molecule has 1 N–H and O–H groups in total. The minimum atomic E-state index is -0.846. The van der Waals surface area contributed by atoms with Gasteiger partial charge in [-0.25, -0.2) is 4.79 Å². The molecule has 2 unspecified atom stereocenters. The summed E-state index contributed by atoms with van der Waals surface area (Å²) in [5.41, 5.74) is 0.00976. The fourth-order valence-corrected chi connectivity index (χ4v) is 3.60. The van der Waals surface area contributed by atoms with Crippen LogP contribution in [-0.4, -0.2) is 34.5 Å². The van der Waals surface area contributed by atoms with Crippen LogP contribution in [0, 0.1) is 11.3 Å². The molecule has 1 aliphatic heterocycles. The molecule has 1 heterocycles. The molecule has 0 aromatic heterocycles. The number of nitrogens with zero attached hydrogens (tertiary/aromatic N) is 1. The second-order valence-corrected chi connectivity index (χ2v) is 6.67. The summed E-state index contributed by atoms with van der Waals surface area (Å²) < 4.78 is 0. The second-order valence-electron chi connectivity index (χ2n) is 6.67. The summed E-state index contributed by atoms with van der Waals surface area (Å²) in [4.78, 5) is 25.7. The monoisotopic (exact) mass is 267 g/mol. The molecule has 2 aliphatic rings. The van der Waals surface area contributed by atoms with E-state index >= 15 is 0 Å². The zero-order chi connectivity index (χ0) is 14.0. The normalized spacial score (nSPS) is 30.9. The van der Waals surface area contributed by atoms with E-state index < -0.39 is 12.0 Å². The van der Waals surface area contributed by atoms with Crippen molar-refractivity contribution >= 4 is 11.9 Å². The summed E-state index contributed by atoms with van der Waals surface area (Å²) in [6, 6.07) is -0.598. The zero-order valence-electron chi connectivity index (χ0n) is 12.0. The molecule has 1 amide bonds. The number of carboxylic acids is 1. The summed E-state index contributed by atoms with van der Waals surface area (Å²) in [7, 11) is 0. The second kappa shape index (κ2) is 5.51. The van der Waals surface area contributed by atoms with Crippen molar-refractivity contribution < 1.29 is 14.7 Å². The van der Waals surface area contributed by atoms with Gasteiger partial charge in [0.25, 0.3) is 0 Å². The molecule has 19 heavy (non-hydrogen) atoms. The third-order valence-corrected chi connectivity index (χ3v) is 4.88. The van der Waals surface area contributed by atoms with Gasteiger partial charge in [0.2, 0.25) is 5.91 Å². The Morgan fingerprint density at radius 2 is 1.79 bits per heavy atom. The smallest absolute Gasteiger partial charge is 0.326 e. The molecule has 2 fully saturated rings. The van der Waals surface area contributed by atoms with E-state index in [4.69, 9.17) is 0 Å². The highest BCUT2D eigenvalue weighted by molar-refractivity contribution is 5.85. The van der Waals surface area contributed by atoms with Crippen molar-refractivity contribution in [3.05, 3.63) is 0 Å². The third-order valence-electron chi connectivity index (χ3n) is 4.88. The first-order chi connectivity index (χ1) is 8.93. The summed E-state index contributed by atoms with van der Waals surface area (Å²) in [5.74, 6) is -0.764. The Labute approximate surface area is 115 Å². The molecule has 1 saturated carbocycles. The zero-order valence-corrected chi connectivity index (χ0v) is 12.0. The molecule has 1 aliphatic carbocycles. The molecule has 4 nitrogen and oxygen atoms in total. The van der Waals surface area contributed by atoms with Crippen LogP contribution in [0.2, 0.25) is 0 Å². The van der Waals surface area contributed by atoms with E-state index in [0.717, 1.165) is 32.1 Å². The fraction of sp³-hybridized carbons (Fsp3) is 0.867. The Kier molecular flexibility index (Phi) is 4.16. The Bertz CT molecular complexity index is 364. The van der Waals surface area contributed by atoms with Crippen molar-refractivity contribution in [3.63, 3.8) is 0 Å². The number of carbonyl (C=O) groups is 2. The molecule has 0 radical (unpaired) electrons. The minimum Gasteiger partial charge on any atom is -0.480 e. The standard InChI is InChI=1S/C15H25NO3/c1-15(2)9-5-3-7-11(15)13(17)16-10-6-4-8-12(16)14(18)19/h11-12H,3-10H2,1-2H3,(H,18,19).